The molecule has 2 atom stereocenters. The molecule has 4 nitrogen and oxygen atoms in total. The van der Waals surface area contributed by atoms with Crippen molar-refractivity contribution >= 4 is 105 Å². The van der Waals surface area contributed by atoms with Crippen LogP contribution >= 0.6 is 0 Å². The van der Waals surface area contributed by atoms with Crippen LogP contribution < -0.4 is 14.7 Å². The van der Waals surface area contributed by atoms with E-state index in [0.29, 0.717) is 0 Å². The molecule has 0 radical (unpaired) electrons. The number of anilines is 7. The number of hydrogen-bond acceptors (Lipinski definition) is 3. The molecule has 0 fully saturated rings. The van der Waals surface area contributed by atoms with Gasteiger partial charge in [-0.3, -0.25) is 0 Å². The molecule has 13 aromatic rings. The number of aromatic nitrogens is 1. The summed E-state index contributed by atoms with van der Waals surface area (Å²) in [6.45, 7) is 2.38. The Morgan fingerprint density at radius 1 is 0.360 bits per heavy atom. The molecule has 2 heterocycles. The molecule has 1 aliphatic heterocycles. The molecule has 0 saturated carbocycles. The Labute approximate surface area is 436 Å². The minimum atomic E-state index is -0.312. The quantitative estimate of drug-likeness (QED) is 0.141. The lowest BCUT2D eigenvalue weighted by Crippen LogP contribution is -2.43. The fourth-order valence-electron chi connectivity index (χ4n) is 12.5. The summed E-state index contributed by atoms with van der Waals surface area (Å²) in [5, 5.41) is 12.2. The van der Waals surface area contributed by atoms with E-state index in [1.54, 1.807) is 0 Å². The normalized spacial score (nSPS) is 16.0. The predicted octanol–water partition coefficient (Wildman–Crippen LogP) is 19.2. The van der Waals surface area contributed by atoms with E-state index in [1.807, 2.05) is 0 Å². The lowest BCUT2D eigenvalue weighted by atomic mass is 9.79. The second-order valence-electron chi connectivity index (χ2n) is 20.4. The predicted molar refractivity (Wildman–Crippen MR) is 317 cm³/mol. The second-order valence-corrected chi connectivity index (χ2v) is 20.4. The molecule has 1 aliphatic carbocycles. The minimum Gasteiger partial charge on any atom is -0.331 e. The largest absolute Gasteiger partial charge is 0.331 e. The van der Waals surface area contributed by atoms with E-state index < -0.39 is 0 Å². The molecule has 0 spiro atoms. The van der Waals surface area contributed by atoms with Crippen molar-refractivity contribution in [2.24, 2.45) is 0 Å². The molecule has 75 heavy (non-hydrogen) atoms. The standard InChI is InChI=1S/C71H50N4/c1-71-39-38-63(47-67(71)65-25-13-15-27-70(65)75(71)59-22-6-3-7-23-59)73(61-31-29-53-41-49-17-9-11-19-51(49)43-55(53)45-61)58-34-32-57(33-35-58)72(60-30-28-52-40-48-16-8-10-18-50(48)42-54(52)44-60)62-36-37-69-66(46-62)64-24-12-14-26-68(64)74(69)56-20-4-2-5-21-56/h2-47,67H,1H3. The van der Waals surface area contributed by atoms with Crippen molar-refractivity contribution < 1.29 is 0 Å². The molecule has 12 aromatic carbocycles. The Hall–Kier alpha value is -9.64. The fraction of sp³-hybridized carbons (Fsp3) is 0.0423. The minimum absolute atomic E-state index is 0.100. The Kier molecular flexibility index (Phi) is 9.73. The van der Waals surface area contributed by atoms with Crippen molar-refractivity contribution in [3.8, 4) is 5.69 Å². The van der Waals surface area contributed by atoms with Crippen molar-refractivity contribution in [2.45, 2.75) is 18.4 Å². The summed E-state index contributed by atoms with van der Waals surface area (Å²) in [6, 6.07) is 95.9. The molecule has 0 bridgehead atoms. The SMILES string of the molecule is CC12C=CC(N(c3ccc(N(c4ccc5cc6ccccc6cc5c4)c4ccc5c(c4)c4ccccc4n5-c4ccccc4)cc3)c3ccc4cc5ccccc5cc4c3)=CC1c1ccccc1N2c1ccccc1. The van der Waals surface area contributed by atoms with Crippen LogP contribution in [0.3, 0.4) is 0 Å². The molecule has 0 saturated heterocycles. The maximum atomic E-state index is 2.53. The monoisotopic (exact) mass is 958 g/mol. The van der Waals surface area contributed by atoms with Crippen LogP contribution in [0.25, 0.3) is 70.6 Å². The van der Waals surface area contributed by atoms with Gasteiger partial charge >= 0.3 is 0 Å². The number of nitrogens with zero attached hydrogens (tertiary/aromatic N) is 4. The summed E-state index contributed by atoms with van der Waals surface area (Å²) < 4.78 is 2.39. The van der Waals surface area contributed by atoms with E-state index in [1.165, 1.54) is 81.8 Å². The van der Waals surface area contributed by atoms with Crippen molar-refractivity contribution in [1.82, 2.24) is 4.57 Å². The highest BCUT2D eigenvalue weighted by Crippen LogP contribution is 2.55. The van der Waals surface area contributed by atoms with Crippen molar-refractivity contribution in [3.63, 3.8) is 0 Å². The molecule has 1 aromatic heterocycles. The molecular weight excluding hydrogens is 909 g/mol. The Morgan fingerprint density at radius 2 is 0.827 bits per heavy atom. The van der Waals surface area contributed by atoms with Gasteiger partial charge in [-0.2, -0.15) is 0 Å². The van der Waals surface area contributed by atoms with E-state index in [4.69, 9.17) is 0 Å². The Balaban J connectivity index is 0.899. The van der Waals surface area contributed by atoms with E-state index in [9.17, 15) is 0 Å². The molecule has 0 amide bonds. The molecule has 15 rings (SSSR count). The van der Waals surface area contributed by atoms with Crippen LogP contribution in [0.15, 0.2) is 285 Å². The van der Waals surface area contributed by atoms with Gasteiger partial charge < -0.3 is 19.3 Å². The van der Waals surface area contributed by atoms with Crippen molar-refractivity contribution in [3.05, 3.63) is 290 Å². The van der Waals surface area contributed by atoms with Gasteiger partial charge in [0.2, 0.25) is 0 Å². The summed E-state index contributed by atoms with van der Waals surface area (Å²) in [6.07, 6.45) is 7.29. The number of hydrogen-bond donors (Lipinski definition) is 0. The van der Waals surface area contributed by atoms with Gasteiger partial charge in [0, 0.05) is 67.9 Å². The van der Waals surface area contributed by atoms with Crippen molar-refractivity contribution in [2.75, 3.05) is 14.7 Å². The number of benzene rings is 12. The summed E-state index contributed by atoms with van der Waals surface area (Å²) >= 11 is 0. The van der Waals surface area contributed by atoms with Gasteiger partial charge in [0.15, 0.2) is 0 Å². The average Bonchev–Trinajstić information content (AvgIpc) is 3.93. The maximum absolute atomic E-state index is 2.53. The van der Waals surface area contributed by atoms with Gasteiger partial charge in [0.1, 0.15) is 0 Å². The summed E-state index contributed by atoms with van der Waals surface area (Å²) in [7, 11) is 0. The van der Waals surface area contributed by atoms with E-state index in [-0.39, 0.29) is 11.5 Å². The third-order valence-corrected chi connectivity index (χ3v) is 16.0. The molecule has 2 aliphatic rings. The highest BCUT2D eigenvalue weighted by Gasteiger charge is 2.48. The van der Waals surface area contributed by atoms with E-state index in [0.717, 1.165) is 39.8 Å². The fourth-order valence-corrected chi connectivity index (χ4v) is 12.5. The first-order chi connectivity index (χ1) is 37.0. The van der Waals surface area contributed by atoms with Crippen molar-refractivity contribution in [1.29, 1.82) is 0 Å². The Bertz CT molecular complexity index is 4460. The summed E-state index contributed by atoms with van der Waals surface area (Å²) in [5.74, 6) is 0.100. The number of allylic oxidation sites excluding steroid dienone is 1. The third kappa shape index (κ3) is 6.98. The van der Waals surface area contributed by atoms with E-state index >= 15 is 0 Å². The highest BCUT2D eigenvalue weighted by molar-refractivity contribution is 6.11. The Morgan fingerprint density at radius 3 is 1.48 bits per heavy atom. The first-order valence-corrected chi connectivity index (χ1v) is 26.0. The molecular formula is C71H50N4. The van der Waals surface area contributed by atoms with Gasteiger partial charge in [-0.15, -0.1) is 0 Å². The lowest BCUT2D eigenvalue weighted by Gasteiger charge is -2.41. The van der Waals surface area contributed by atoms with Crippen LogP contribution in [0.2, 0.25) is 0 Å². The van der Waals surface area contributed by atoms with Gasteiger partial charge in [-0.1, -0.05) is 146 Å². The maximum Gasteiger partial charge on any atom is 0.0713 e. The van der Waals surface area contributed by atoms with Gasteiger partial charge in [-0.05, 0) is 189 Å². The van der Waals surface area contributed by atoms with E-state index in [2.05, 4.69) is 305 Å². The zero-order valence-electron chi connectivity index (χ0n) is 41.4. The summed E-state index contributed by atoms with van der Waals surface area (Å²) in [4.78, 5) is 7.41. The zero-order chi connectivity index (χ0) is 49.6. The van der Waals surface area contributed by atoms with Crippen LogP contribution in [-0.4, -0.2) is 10.1 Å². The van der Waals surface area contributed by atoms with Gasteiger partial charge in [0.05, 0.1) is 16.6 Å². The molecule has 2 unspecified atom stereocenters. The number of fused-ring (bicyclic) bond motifs is 10. The van der Waals surface area contributed by atoms with Crippen LogP contribution in [0.4, 0.5) is 39.8 Å². The first kappa shape index (κ1) is 43.0. The summed E-state index contributed by atoms with van der Waals surface area (Å²) in [5.41, 5.74) is 13.5. The zero-order valence-corrected chi connectivity index (χ0v) is 41.4. The highest BCUT2D eigenvalue weighted by atomic mass is 15.2. The third-order valence-electron chi connectivity index (χ3n) is 16.0. The second kappa shape index (κ2) is 17.0. The smallest absolute Gasteiger partial charge is 0.0713 e. The first-order valence-electron chi connectivity index (χ1n) is 26.0. The molecule has 0 N–H and O–H groups in total. The number of rotatable bonds is 8. The van der Waals surface area contributed by atoms with Crippen LogP contribution in [-0.2, 0) is 0 Å². The molecule has 354 valence electrons. The number of para-hydroxylation sites is 4. The topological polar surface area (TPSA) is 14.7 Å². The van der Waals surface area contributed by atoms with Gasteiger partial charge in [0.25, 0.3) is 0 Å². The van der Waals surface area contributed by atoms with Crippen LogP contribution in [0, 0.1) is 0 Å². The van der Waals surface area contributed by atoms with Gasteiger partial charge in [-0.25, -0.2) is 0 Å². The average molecular weight is 959 g/mol. The van der Waals surface area contributed by atoms with Crippen LogP contribution in [0.5, 0.6) is 0 Å². The lowest BCUT2D eigenvalue weighted by molar-refractivity contribution is 0.538. The van der Waals surface area contributed by atoms with Crippen LogP contribution in [0.1, 0.15) is 18.4 Å². The molecule has 4 heteroatoms.